The molecule has 7 heteroatoms. The van der Waals surface area contributed by atoms with Crippen LogP contribution in [0.25, 0.3) is 0 Å². The summed E-state index contributed by atoms with van der Waals surface area (Å²) in [5, 5.41) is 6.71. The van der Waals surface area contributed by atoms with Crippen LogP contribution < -0.4 is 10.6 Å². The third kappa shape index (κ3) is 6.00. The molecule has 0 atom stereocenters. The van der Waals surface area contributed by atoms with Crippen LogP contribution in [0.4, 0.5) is 4.39 Å². The van der Waals surface area contributed by atoms with Crippen molar-refractivity contribution in [1.29, 1.82) is 0 Å². The Labute approximate surface area is 148 Å². The molecule has 0 saturated carbocycles. The molecule has 0 aliphatic carbocycles. The summed E-state index contributed by atoms with van der Waals surface area (Å²) in [6.45, 7) is 7.24. The molecule has 0 aliphatic rings. The summed E-state index contributed by atoms with van der Waals surface area (Å²) in [5.74, 6) is 0.122. The number of benzene rings is 1. The van der Waals surface area contributed by atoms with Crippen LogP contribution in [0, 0.1) is 5.82 Å². The van der Waals surface area contributed by atoms with E-state index in [1.54, 1.807) is 20.2 Å². The Bertz CT molecular complexity index is 602. The van der Waals surface area contributed by atoms with Crippen LogP contribution in [0.2, 0.25) is 5.02 Å². The van der Waals surface area contributed by atoms with Crippen molar-refractivity contribution < 1.29 is 9.18 Å². The first-order valence-electron chi connectivity index (χ1n) is 7.85. The Kier molecular flexibility index (Phi) is 7.48. The van der Waals surface area contributed by atoms with Crippen molar-refractivity contribution in [3.8, 4) is 0 Å². The van der Waals surface area contributed by atoms with E-state index in [1.807, 2.05) is 20.8 Å². The maximum Gasteiger partial charge on any atom is 0.243 e. The van der Waals surface area contributed by atoms with Crippen molar-refractivity contribution in [2.24, 2.45) is 4.99 Å². The number of hydrogen-bond acceptors (Lipinski definition) is 2. The normalized spacial score (nSPS) is 12.0. The van der Waals surface area contributed by atoms with Gasteiger partial charge in [-0.15, -0.1) is 0 Å². The van der Waals surface area contributed by atoms with Gasteiger partial charge in [0.05, 0.1) is 0 Å². The molecule has 0 spiro atoms. The highest BCUT2D eigenvalue weighted by Crippen LogP contribution is 2.29. The number of halogens is 2. The molecule has 0 fully saturated rings. The summed E-state index contributed by atoms with van der Waals surface area (Å²) >= 11 is 6.16. The molecule has 2 N–H and O–H groups in total. The lowest BCUT2D eigenvalue weighted by Crippen LogP contribution is -2.44. The van der Waals surface area contributed by atoms with E-state index in [9.17, 15) is 9.18 Å². The summed E-state index contributed by atoms with van der Waals surface area (Å²) in [4.78, 5) is 17.4. The van der Waals surface area contributed by atoms with E-state index in [0.717, 1.165) is 5.56 Å². The summed E-state index contributed by atoms with van der Waals surface area (Å²) in [5.41, 5.74) is 0.505. The van der Waals surface area contributed by atoms with Gasteiger partial charge in [-0.05, 0) is 24.6 Å². The Morgan fingerprint density at radius 2 is 2.00 bits per heavy atom. The molecule has 0 radical (unpaired) electrons. The van der Waals surface area contributed by atoms with Gasteiger partial charge in [-0.25, -0.2) is 9.38 Å². The second-order valence-electron chi connectivity index (χ2n) is 6.34. The molecule has 0 bridgehead atoms. The minimum absolute atomic E-state index is 0.0695. The maximum atomic E-state index is 13.2. The zero-order valence-corrected chi connectivity index (χ0v) is 15.7. The SMILES string of the molecule is CCNC(=NCC(=O)N(C)C)NCC(C)(C)c1ccc(F)cc1Cl. The van der Waals surface area contributed by atoms with Gasteiger partial charge < -0.3 is 15.5 Å². The topological polar surface area (TPSA) is 56.7 Å². The van der Waals surface area contributed by atoms with Gasteiger partial charge in [-0.1, -0.05) is 31.5 Å². The Morgan fingerprint density at radius 3 is 2.54 bits per heavy atom. The van der Waals surface area contributed by atoms with Crippen LogP contribution in [0.1, 0.15) is 26.3 Å². The zero-order chi connectivity index (χ0) is 18.3. The zero-order valence-electron chi connectivity index (χ0n) is 14.9. The lowest BCUT2D eigenvalue weighted by atomic mass is 9.84. The predicted molar refractivity (Wildman–Crippen MR) is 97.1 cm³/mol. The van der Waals surface area contributed by atoms with Crippen LogP contribution in [0.15, 0.2) is 23.2 Å². The van der Waals surface area contributed by atoms with Crippen LogP contribution in [0.5, 0.6) is 0 Å². The van der Waals surface area contributed by atoms with Gasteiger partial charge in [0.25, 0.3) is 0 Å². The molecular weight excluding hydrogens is 331 g/mol. The molecule has 24 heavy (non-hydrogen) atoms. The molecule has 0 heterocycles. The van der Waals surface area contributed by atoms with E-state index >= 15 is 0 Å². The third-order valence-electron chi connectivity index (χ3n) is 3.57. The van der Waals surface area contributed by atoms with E-state index in [2.05, 4.69) is 15.6 Å². The number of guanidine groups is 1. The molecule has 0 aliphatic heterocycles. The number of likely N-dealkylation sites (N-methyl/N-ethyl adjacent to an activating group) is 1. The van der Waals surface area contributed by atoms with E-state index in [4.69, 9.17) is 11.6 Å². The summed E-state index contributed by atoms with van der Waals surface area (Å²) in [7, 11) is 3.38. The van der Waals surface area contributed by atoms with E-state index in [-0.39, 0.29) is 23.7 Å². The van der Waals surface area contributed by atoms with Gasteiger partial charge in [0.1, 0.15) is 12.4 Å². The molecule has 5 nitrogen and oxygen atoms in total. The fourth-order valence-corrected chi connectivity index (χ4v) is 2.49. The molecule has 1 amide bonds. The Hall–Kier alpha value is -1.82. The standard InChI is InChI=1S/C17H26ClFN4O/c1-6-20-16(21-10-15(24)23(4)5)22-11-17(2,3)13-8-7-12(19)9-14(13)18/h7-9H,6,10-11H2,1-5H3,(H2,20,21,22). The van der Waals surface area contributed by atoms with Gasteiger partial charge in [0.2, 0.25) is 5.91 Å². The number of aliphatic imine (C=N–C) groups is 1. The van der Waals surface area contributed by atoms with E-state index < -0.39 is 0 Å². The van der Waals surface area contributed by atoms with Crippen LogP contribution in [-0.4, -0.2) is 50.5 Å². The third-order valence-corrected chi connectivity index (χ3v) is 3.89. The first kappa shape index (κ1) is 20.2. The molecule has 1 aromatic rings. The number of nitrogens with zero attached hydrogens (tertiary/aromatic N) is 2. The fourth-order valence-electron chi connectivity index (χ4n) is 2.07. The van der Waals surface area contributed by atoms with Crippen molar-refractivity contribution in [3.63, 3.8) is 0 Å². The van der Waals surface area contributed by atoms with Gasteiger partial charge in [0.15, 0.2) is 5.96 Å². The summed E-state index contributed by atoms with van der Waals surface area (Å²) in [6.07, 6.45) is 0. The van der Waals surface area contributed by atoms with Gasteiger partial charge in [-0.3, -0.25) is 4.79 Å². The monoisotopic (exact) mass is 356 g/mol. The average molecular weight is 357 g/mol. The molecule has 0 saturated heterocycles. The average Bonchev–Trinajstić information content (AvgIpc) is 2.49. The maximum absolute atomic E-state index is 13.2. The van der Waals surface area contributed by atoms with Crippen molar-refractivity contribution in [2.45, 2.75) is 26.2 Å². The van der Waals surface area contributed by atoms with Gasteiger partial charge in [-0.2, -0.15) is 0 Å². The van der Waals surface area contributed by atoms with Gasteiger partial charge >= 0.3 is 0 Å². The highest BCUT2D eigenvalue weighted by atomic mass is 35.5. The highest BCUT2D eigenvalue weighted by Gasteiger charge is 2.24. The Morgan fingerprint density at radius 1 is 1.33 bits per heavy atom. The highest BCUT2D eigenvalue weighted by molar-refractivity contribution is 6.31. The minimum Gasteiger partial charge on any atom is -0.357 e. The number of hydrogen-bond donors (Lipinski definition) is 2. The number of carbonyl (C=O) groups excluding carboxylic acids is 1. The van der Waals surface area contributed by atoms with Crippen molar-refractivity contribution >= 4 is 23.5 Å². The summed E-state index contributed by atoms with van der Waals surface area (Å²) < 4.78 is 13.2. The number of rotatable bonds is 6. The molecule has 0 unspecified atom stereocenters. The molecule has 0 aromatic heterocycles. The second kappa shape index (κ2) is 8.87. The fraction of sp³-hybridized carbons (Fsp3) is 0.529. The molecular formula is C17H26ClFN4O. The summed E-state index contributed by atoms with van der Waals surface area (Å²) in [6, 6.07) is 4.41. The lowest BCUT2D eigenvalue weighted by Gasteiger charge is -2.27. The number of carbonyl (C=O) groups is 1. The lowest BCUT2D eigenvalue weighted by molar-refractivity contribution is -0.127. The van der Waals surface area contributed by atoms with Crippen molar-refractivity contribution in [2.75, 3.05) is 33.7 Å². The minimum atomic E-state index is -0.357. The number of amides is 1. The van der Waals surface area contributed by atoms with E-state index in [1.165, 1.54) is 17.0 Å². The van der Waals surface area contributed by atoms with Crippen molar-refractivity contribution in [3.05, 3.63) is 34.6 Å². The van der Waals surface area contributed by atoms with E-state index in [0.29, 0.717) is 24.1 Å². The molecule has 1 aromatic carbocycles. The van der Waals surface area contributed by atoms with Crippen molar-refractivity contribution in [1.82, 2.24) is 15.5 Å². The molecule has 134 valence electrons. The molecule has 1 rings (SSSR count). The van der Waals surface area contributed by atoms with Gasteiger partial charge in [0, 0.05) is 37.6 Å². The largest absolute Gasteiger partial charge is 0.357 e. The van der Waals surface area contributed by atoms with Crippen LogP contribution in [0.3, 0.4) is 0 Å². The second-order valence-corrected chi connectivity index (χ2v) is 6.75. The van der Waals surface area contributed by atoms with Crippen LogP contribution in [-0.2, 0) is 10.2 Å². The quantitative estimate of drug-likeness (QED) is 0.608. The predicted octanol–water partition coefficient (Wildman–Crippen LogP) is 2.40. The van der Waals surface area contributed by atoms with Crippen LogP contribution >= 0.6 is 11.6 Å². The first-order chi connectivity index (χ1) is 11.2. The Balaban J connectivity index is 2.80. The first-order valence-corrected chi connectivity index (χ1v) is 8.23. The number of nitrogens with one attached hydrogen (secondary N) is 2. The smallest absolute Gasteiger partial charge is 0.243 e.